The number of aryl methyl sites for hydroxylation is 1. The fourth-order valence-electron chi connectivity index (χ4n) is 3.60. The summed E-state index contributed by atoms with van der Waals surface area (Å²) < 4.78 is 1.79. The molecule has 1 saturated carbocycles. The third-order valence-electron chi connectivity index (χ3n) is 4.73. The summed E-state index contributed by atoms with van der Waals surface area (Å²) in [7, 11) is 1.91. The van der Waals surface area contributed by atoms with Gasteiger partial charge >= 0.3 is 0 Å². The van der Waals surface area contributed by atoms with E-state index in [1.165, 1.54) is 32.1 Å². The lowest BCUT2D eigenvalue weighted by Gasteiger charge is -2.24. The van der Waals surface area contributed by atoms with Crippen LogP contribution in [0.25, 0.3) is 0 Å². The molecule has 5 nitrogen and oxygen atoms in total. The van der Waals surface area contributed by atoms with Crippen molar-refractivity contribution in [3.8, 4) is 0 Å². The zero-order valence-electron chi connectivity index (χ0n) is 12.9. The lowest BCUT2D eigenvalue weighted by Crippen LogP contribution is -2.45. The Balaban J connectivity index is 1.72. The second kappa shape index (κ2) is 6.60. The van der Waals surface area contributed by atoms with E-state index in [2.05, 4.69) is 15.7 Å². The number of hydrogen-bond acceptors (Lipinski definition) is 3. The molecule has 1 aliphatic carbocycles. The van der Waals surface area contributed by atoms with Crippen LogP contribution in [0.1, 0.15) is 66.9 Å². The number of carbonyl (C=O) groups excluding carboxylic acids is 1. The van der Waals surface area contributed by atoms with Crippen molar-refractivity contribution in [1.29, 1.82) is 0 Å². The maximum Gasteiger partial charge on any atom is 0.255 e. The van der Waals surface area contributed by atoms with Crippen molar-refractivity contribution in [2.24, 2.45) is 7.05 Å². The van der Waals surface area contributed by atoms with Gasteiger partial charge < -0.3 is 10.6 Å². The minimum atomic E-state index is 0.0531. The molecule has 0 bridgehead atoms. The van der Waals surface area contributed by atoms with Gasteiger partial charge in [0.05, 0.1) is 11.3 Å². The Labute approximate surface area is 126 Å². The van der Waals surface area contributed by atoms with Gasteiger partial charge in [-0.05, 0) is 32.2 Å². The summed E-state index contributed by atoms with van der Waals surface area (Å²) in [5.41, 5.74) is 1.80. The van der Waals surface area contributed by atoms with Crippen LogP contribution in [0.4, 0.5) is 0 Å². The smallest absolute Gasteiger partial charge is 0.255 e. The molecule has 0 spiro atoms. The molecule has 5 heteroatoms. The van der Waals surface area contributed by atoms with Crippen molar-refractivity contribution in [2.45, 2.75) is 56.9 Å². The van der Waals surface area contributed by atoms with Crippen LogP contribution < -0.4 is 10.6 Å². The summed E-state index contributed by atoms with van der Waals surface area (Å²) in [5.74, 6) is 0.516. The van der Waals surface area contributed by atoms with E-state index in [4.69, 9.17) is 0 Å². The maximum atomic E-state index is 12.6. The highest BCUT2D eigenvalue weighted by atomic mass is 16.1. The minimum absolute atomic E-state index is 0.0531. The average Bonchev–Trinajstić information content (AvgIpc) is 2.91. The van der Waals surface area contributed by atoms with E-state index in [-0.39, 0.29) is 11.9 Å². The first kappa shape index (κ1) is 14.6. The zero-order valence-corrected chi connectivity index (χ0v) is 12.9. The van der Waals surface area contributed by atoms with E-state index in [1.807, 2.05) is 13.2 Å². The molecule has 2 aliphatic rings. The van der Waals surface area contributed by atoms with Crippen LogP contribution in [0.3, 0.4) is 0 Å². The number of nitrogens with zero attached hydrogens (tertiary/aromatic N) is 2. The van der Waals surface area contributed by atoms with Crippen LogP contribution in [0.2, 0.25) is 0 Å². The van der Waals surface area contributed by atoms with Gasteiger partial charge in [-0.15, -0.1) is 0 Å². The molecule has 1 saturated heterocycles. The van der Waals surface area contributed by atoms with Gasteiger partial charge in [0.1, 0.15) is 0 Å². The molecular weight excluding hydrogens is 264 g/mol. The molecule has 2 N–H and O–H groups in total. The van der Waals surface area contributed by atoms with Crippen molar-refractivity contribution in [3.63, 3.8) is 0 Å². The second-order valence-electron chi connectivity index (χ2n) is 6.45. The highest BCUT2D eigenvalue weighted by Gasteiger charge is 2.26. The Bertz CT molecular complexity index is 484. The van der Waals surface area contributed by atoms with Crippen molar-refractivity contribution in [3.05, 3.63) is 17.5 Å². The molecular formula is C16H26N4O. The molecule has 116 valence electrons. The standard InChI is InChI=1S/C16H26N4O/c1-20-11-14(15(19-20)12-6-3-2-4-7-12)16(21)18-13-8-5-9-17-10-13/h11-13,17H,2-10H2,1H3,(H,18,21)/t13-/m0/s1. The number of rotatable bonds is 3. The van der Waals surface area contributed by atoms with E-state index in [1.54, 1.807) is 4.68 Å². The highest BCUT2D eigenvalue weighted by Crippen LogP contribution is 2.33. The first-order chi connectivity index (χ1) is 10.2. The summed E-state index contributed by atoms with van der Waals surface area (Å²) in [5, 5.41) is 11.1. The number of nitrogens with one attached hydrogen (secondary N) is 2. The second-order valence-corrected chi connectivity index (χ2v) is 6.45. The summed E-state index contributed by atoms with van der Waals surface area (Å²) in [6.45, 7) is 1.94. The molecule has 1 aliphatic heterocycles. The van der Waals surface area contributed by atoms with Crippen LogP contribution in [-0.2, 0) is 7.05 Å². The largest absolute Gasteiger partial charge is 0.348 e. The number of hydrogen-bond donors (Lipinski definition) is 2. The molecule has 0 unspecified atom stereocenters. The highest BCUT2D eigenvalue weighted by molar-refractivity contribution is 5.95. The van der Waals surface area contributed by atoms with Gasteiger partial charge in [0.15, 0.2) is 0 Å². The molecule has 0 aromatic carbocycles. The monoisotopic (exact) mass is 290 g/mol. The number of carbonyl (C=O) groups is 1. The molecule has 1 atom stereocenters. The van der Waals surface area contributed by atoms with Crippen molar-refractivity contribution < 1.29 is 4.79 Å². The Morgan fingerprint density at radius 1 is 1.29 bits per heavy atom. The van der Waals surface area contributed by atoms with E-state index < -0.39 is 0 Å². The van der Waals surface area contributed by atoms with Gasteiger partial charge in [-0.2, -0.15) is 5.10 Å². The molecule has 21 heavy (non-hydrogen) atoms. The Kier molecular flexibility index (Phi) is 4.58. The molecule has 1 amide bonds. The number of piperidine rings is 1. The van der Waals surface area contributed by atoms with Gasteiger partial charge in [0, 0.05) is 31.7 Å². The molecule has 1 aromatic heterocycles. The maximum absolute atomic E-state index is 12.6. The van der Waals surface area contributed by atoms with Gasteiger partial charge in [-0.3, -0.25) is 9.48 Å². The van der Waals surface area contributed by atoms with E-state index in [9.17, 15) is 4.79 Å². The first-order valence-corrected chi connectivity index (χ1v) is 8.29. The van der Waals surface area contributed by atoms with Gasteiger partial charge in [0.25, 0.3) is 5.91 Å². The average molecular weight is 290 g/mol. The third kappa shape index (κ3) is 3.46. The number of amides is 1. The molecule has 0 radical (unpaired) electrons. The topological polar surface area (TPSA) is 59.0 Å². The minimum Gasteiger partial charge on any atom is -0.348 e. The van der Waals surface area contributed by atoms with Crippen molar-refractivity contribution >= 4 is 5.91 Å². The quantitative estimate of drug-likeness (QED) is 0.894. The predicted molar refractivity (Wildman–Crippen MR) is 82.4 cm³/mol. The molecule has 2 heterocycles. The number of aromatic nitrogens is 2. The van der Waals surface area contributed by atoms with E-state index >= 15 is 0 Å². The van der Waals surface area contributed by atoms with Crippen molar-refractivity contribution in [2.75, 3.05) is 13.1 Å². The Morgan fingerprint density at radius 3 is 2.81 bits per heavy atom. The SMILES string of the molecule is Cn1cc(C(=O)N[C@H]2CCCNC2)c(C2CCCCC2)n1. The molecule has 1 aromatic rings. The van der Waals surface area contributed by atoms with Crippen LogP contribution in [0.15, 0.2) is 6.20 Å². The van der Waals surface area contributed by atoms with Crippen LogP contribution in [0.5, 0.6) is 0 Å². The zero-order chi connectivity index (χ0) is 14.7. The Morgan fingerprint density at radius 2 is 2.10 bits per heavy atom. The molecule has 3 rings (SSSR count). The van der Waals surface area contributed by atoms with E-state index in [0.717, 1.165) is 37.2 Å². The fraction of sp³-hybridized carbons (Fsp3) is 0.750. The summed E-state index contributed by atoms with van der Waals surface area (Å²) in [6, 6.07) is 0.255. The lowest BCUT2D eigenvalue weighted by atomic mass is 9.85. The fourth-order valence-corrected chi connectivity index (χ4v) is 3.60. The van der Waals surface area contributed by atoms with Crippen LogP contribution in [-0.4, -0.2) is 34.8 Å². The van der Waals surface area contributed by atoms with Crippen molar-refractivity contribution in [1.82, 2.24) is 20.4 Å². The van der Waals surface area contributed by atoms with Gasteiger partial charge in [-0.25, -0.2) is 0 Å². The third-order valence-corrected chi connectivity index (χ3v) is 4.73. The van der Waals surface area contributed by atoms with E-state index in [0.29, 0.717) is 5.92 Å². The van der Waals surface area contributed by atoms with Gasteiger partial charge in [0.2, 0.25) is 0 Å². The lowest BCUT2D eigenvalue weighted by molar-refractivity contribution is 0.0929. The Hall–Kier alpha value is -1.36. The summed E-state index contributed by atoms with van der Waals surface area (Å²) >= 11 is 0. The summed E-state index contributed by atoms with van der Waals surface area (Å²) in [4.78, 5) is 12.6. The first-order valence-electron chi connectivity index (χ1n) is 8.29. The summed E-state index contributed by atoms with van der Waals surface area (Å²) in [6.07, 6.45) is 10.3. The predicted octanol–water partition coefficient (Wildman–Crippen LogP) is 1.95. The van der Waals surface area contributed by atoms with Crippen LogP contribution >= 0.6 is 0 Å². The normalized spacial score (nSPS) is 24.0. The molecule has 2 fully saturated rings. The van der Waals surface area contributed by atoms with Gasteiger partial charge in [-0.1, -0.05) is 19.3 Å². The van der Waals surface area contributed by atoms with Crippen LogP contribution in [0, 0.1) is 0 Å².